The molecule has 0 aliphatic heterocycles. The molecule has 82 valence electrons. The van der Waals surface area contributed by atoms with Gasteiger partial charge in [0.1, 0.15) is 6.10 Å². The molecule has 0 aromatic rings. The Morgan fingerprint density at radius 3 is 2.50 bits per heavy atom. The zero-order valence-electron chi connectivity index (χ0n) is 9.08. The van der Waals surface area contributed by atoms with Gasteiger partial charge in [0, 0.05) is 5.75 Å². The summed E-state index contributed by atoms with van der Waals surface area (Å²) in [5.74, 6) is 0.488. The highest BCUT2D eigenvalue weighted by atomic mass is 32.1. The van der Waals surface area contributed by atoms with Crippen LogP contribution >= 0.6 is 12.6 Å². The molecule has 1 aliphatic carbocycles. The largest absolute Gasteiger partial charge is 0.462 e. The number of esters is 1. The van der Waals surface area contributed by atoms with E-state index in [4.69, 9.17) is 4.74 Å². The molecule has 0 amide bonds. The quantitative estimate of drug-likeness (QED) is 0.580. The van der Waals surface area contributed by atoms with Crippen LogP contribution in [-0.4, -0.2) is 17.8 Å². The minimum atomic E-state index is -0.0929. The molecule has 2 nitrogen and oxygen atoms in total. The SMILES string of the molecule is CC1(C)CCC(OC(=O)CCS)CC1. The van der Waals surface area contributed by atoms with Gasteiger partial charge >= 0.3 is 5.97 Å². The van der Waals surface area contributed by atoms with Gasteiger partial charge < -0.3 is 4.74 Å². The second-order valence-corrected chi connectivity index (χ2v) is 5.27. The maximum atomic E-state index is 11.2. The Bertz CT molecular complexity index is 191. The fraction of sp³-hybridized carbons (Fsp3) is 0.909. The summed E-state index contributed by atoms with van der Waals surface area (Å²) >= 11 is 4.00. The van der Waals surface area contributed by atoms with Crippen LogP contribution in [0.2, 0.25) is 0 Å². The van der Waals surface area contributed by atoms with E-state index in [2.05, 4.69) is 26.5 Å². The Balaban J connectivity index is 2.25. The second kappa shape index (κ2) is 5.06. The Morgan fingerprint density at radius 1 is 1.43 bits per heavy atom. The maximum Gasteiger partial charge on any atom is 0.306 e. The third kappa shape index (κ3) is 3.91. The van der Waals surface area contributed by atoms with Crippen molar-refractivity contribution < 1.29 is 9.53 Å². The Morgan fingerprint density at radius 2 is 2.00 bits per heavy atom. The van der Waals surface area contributed by atoms with Crippen LogP contribution in [0.25, 0.3) is 0 Å². The van der Waals surface area contributed by atoms with E-state index in [1.54, 1.807) is 0 Å². The highest BCUT2D eigenvalue weighted by Gasteiger charge is 2.28. The molecule has 1 saturated carbocycles. The van der Waals surface area contributed by atoms with Crippen molar-refractivity contribution in [3.05, 3.63) is 0 Å². The van der Waals surface area contributed by atoms with Crippen LogP contribution in [0.15, 0.2) is 0 Å². The van der Waals surface area contributed by atoms with Crippen molar-refractivity contribution in [2.75, 3.05) is 5.75 Å². The van der Waals surface area contributed by atoms with Crippen LogP contribution in [0, 0.1) is 5.41 Å². The lowest BCUT2D eigenvalue weighted by atomic mass is 9.76. The van der Waals surface area contributed by atoms with Gasteiger partial charge in [0.25, 0.3) is 0 Å². The molecule has 3 heteroatoms. The monoisotopic (exact) mass is 216 g/mol. The second-order valence-electron chi connectivity index (χ2n) is 4.83. The summed E-state index contributed by atoms with van der Waals surface area (Å²) in [5.41, 5.74) is 0.437. The summed E-state index contributed by atoms with van der Waals surface area (Å²) in [7, 11) is 0. The summed E-state index contributed by atoms with van der Waals surface area (Å²) < 4.78 is 5.34. The summed E-state index contributed by atoms with van der Waals surface area (Å²) in [5, 5.41) is 0. The normalized spacial score (nSPS) is 21.9. The van der Waals surface area contributed by atoms with E-state index >= 15 is 0 Å². The predicted molar refractivity (Wildman–Crippen MR) is 60.6 cm³/mol. The van der Waals surface area contributed by atoms with Gasteiger partial charge in [-0.15, -0.1) is 0 Å². The Hall–Kier alpha value is -0.180. The van der Waals surface area contributed by atoms with Crippen LogP contribution < -0.4 is 0 Å². The Kier molecular flexibility index (Phi) is 4.30. The minimum absolute atomic E-state index is 0.0929. The van der Waals surface area contributed by atoms with Crippen molar-refractivity contribution >= 4 is 18.6 Å². The average Bonchev–Trinajstić information content (AvgIpc) is 2.09. The first kappa shape index (κ1) is 11.9. The summed E-state index contributed by atoms with van der Waals surface area (Å²) in [6, 6.07) is 0. The zero-order valence-corrected chi connectivity index (χ0v) is 9.98. The average molecular weight is 216 g/mol. The highest BCUT2D eigenvalue weighted by molar-refractivity contribution is 7.80. The van der Waals surface area contributed by atoms with Gasteiger partial charge in [0.15, 0.2) is 0 Å². The third-order valence-electron chi connectivity index (χ3n) is 2.90. The number of rotatable bonds is 3. The van der Waals surface area contributed by atoms with E-state index in [-0.39, 0.29) is 12.1 Å². The first-order valence-electron chi connectivity index (χ1n) is 5.34. The molecule has 0 N–H and O–H groups in total. The fourth-order valence-corrected chi connectivity index (χ4v) is 2.01. The number of thiol groups is 1. The summed E-state index contributed by atoms with van der Waals surface area (Å²) in [4.78, 5) is 11.2. The molecule has 14 heavy (non-hydrogen) atoms. The van der Waals surface area contributed by atoms with Gasteiger partial charge in [-0.25, -0.2) is 0 Å². The zero-order chi connectivity index (χ0) is 10.6. The van der Waals surface area contributed by atoms with Crippen LogP contribution in [0.1, 0.15) is 46.0 Å². The van der Waals surface area contributed by atoms with Crippen molar-refractivity contribution in [3.63, 3.8) is 0 Å². The van der Waals surface area contributed by atoms with Gasteiger partial charge in [0.2, 0.25) is 0 Å². The van der Waals surface area contributed by atoms with Crippen LogP contribution in [0.4, 0.5) is 0 Å². The minimum Gasteiger partial charge on any atom is -0.462 e. The molecule has 0 bridgehead atoms. The van der Waals surface area contributed by atoms with Gasteiger partial charge in [-0.3, -0.25) is 4.79 Å². The first-order chi connectivity index (χ1) is 6.53. The van der Waals surface area contributed by atoms with Gasteiger partial charge in [-0.05, 0) is 31.1 Å². The third-order valence-corrected chi connectivity index (χ3v) is 3.12. The summed E-state index contributed by atoms with van der Waals surface area (Å²) in [6.07, 6.45) is 4.95. The number of carbonyl (C=O) groups is 1. The molecule has 1 rings (SSSR count). The van der Waals surface area contributed by atoms with Crippen LogP contribution in [0.3, 0.4) is 0 Å². The van der Waals surface area contributed by atoms with E-state index < -0.39 is 0 Å². The van der Waals surface area contributed by atoms with E-state index in [9.17, 15) is 4.79 Å². The smallest absolute Gasteiger partial charge is 0.306 e. The van der Waals surface area contributed by atoms with Gasteiger partial charge in [-0.1, -0.05) is 13.8 Å². The number of ether oxygens (including phenoxy) is 1. The topological polar surface area (TPSA) is 26.3 Å². The van der Waals surface area contributed by atoms with E-state index in [1.807, 2.05) is 0 Å². The maximum absolute atomic E-state index is 11.2. The van der Waals surface area contributed by atoms with Crippen molar-refractivity contribution in [1.82, 2.24) is 0 Å². The fourth-order valence-electron chi connectivity index (χ4n) is 1.83. The lowest BCUT2D eigenvalue weighted by Gasteiger charge is -2.33. The van der Waals surface area contributed by atoms with E-state index in [0.717, 1.165) is 25.7 Å². The Labute approximate surface area is 91.8 Å². The van der Waals surface area contributed by atoms with E-state index in [0.29, 0.717) is 17.6 Å². The number of hydrogen-bond acceptors (Lipinski definition) is 3. The van der Waals surface area contributed by atoms with E-state index in [1.165, 1.54) is 0 Å². The molecule has 0 saturated heterocycles. The molecule has 1 fully saturated rings. The van der Waals surface area contributed by atoms with Crippen molar-refractivity contribution in [3.8, 4) is 0 Å². The molecule has 0 aromatic carbocycles. The molecule has 0 heterocycles. The number of carbonyl (C=O) groups excluding carboxylic acids is 1. The lowest BCUT2D eigenvalue weighted by Crippen LogP contribution is -2.28. The molecule has 0 atom stereocenters. The van der Waals surface area contributed by atoms with Crippen molar-refractivity contribution in [1.29, 1.82) is 0 Å². The molecule has 1 aliphatic rings. The first-order valence-corrected chi connectivity index (χ1v) is 5.97. The predicted octanol–water partition coefficient (Wildman–Crippen LogP) is 2.82. The van der Waals surface area contributed by atoms with Crippen molar-refractivity contribution in [2.45, 2.75) is 52.1 Å². The molecule has 0 aromatic heterocycles. The van der Waals surface area contributed by atoms with Crippen LogP contribution in [-0.2, 0) is 9.53 Å². The highest BCUT2D eigenvalue weighted by Crippen LogP contribution is 2.36. The van der Waals surface area contributed by atoms with Gasteiger partial charge in [0.05, 0.1) is 6.42 Å². The summed E-state index contributed by atoms with van der Waals surface area (Å²) in [6.45, 7) is 4.55. The molecular weight excluding hydrogens is 196 g/mol. The standard InChI is InChI=1S/C11H20O2S/c1-11(2)6-3-9(4-7-11)13-10(12)5-8-14/h9,14H,3-8H2,1-2H3. The van der Waals surface area contributed by atoms with Gasteiger partial charge in [-0.2, -0.15) is 12.6 Å². The number of hydrogen-bond donors (Lipinski definition) is 1. The van der Waals surface area contributed by atoms with Crippen LogP contribution in [0.5, 0.6) is 0 Å². The molecule has 0 spiro atoms. The molecular formula is C11H20O2S. The lowest BCUT2D eigenvalue weighted by molar-refractivity contribution is -0.151. The van der Waals surface area contributed by atoms with Crippen molar-refractivity contribution in [2.24, 2.45) is 5.41 Å². The molecule has 0 unspecified atom stereocenters. The molecule has 0 radical (unpaired) electrons.